The summed E-state index contributed by atoms with van der Waals surface area (Å²) in [5.74, 6) is 0. The molecule has 1 heterocycles. The van der Waals surface area contributed by atoms with Gasteiger partial charge in [-0.25, -0.2) is 0 Å². The maximum absolute atomic E-state index is 6.72. The second-order valence-electron chi connectivity index (χ2n) is 5.44. The van der Waals surface area contributed by atoms with Gasteiger partial charge in [0.15, 0.2) is 0 Å². The predicted molar refractivity (Wildman–Crippen MR) is 85.7 cm³/mol. The molecule has 0 saturated heterocycles. The monoisotopic (exact) mass is 280 g/mol. The lowest BCUT2D eigenvalue weighted by atomic mass is 9.81. The van der Waals surface area contributed by atoms with Crippen LogP contribution in [-0.2, 0) is 6.54 Å². The first-order chi connectivity index (χ1) is 9.61. The lowest BCUT2D eigenvalue weighted by molar-refractivity contribution is 0.0596. The molecule has 20 heavy (non-hydrogen) atoms. The topological polar surface area (TPSA) is 47.1 Å². The SMILES string of the molecule is CCCn1nccc1C(N)C(CC)(CC)N(CC)CC. The van der Waals surface area contributed by atoms with Crippen molar-refractivity contribution in [1.82, 2.24) is 14.7 Å². The van der Waals surface area contributed by atoms with Crippen LogP contribution in [0.4, 0.5) is 0 Å². The molecule has 0 bridgehead atoms. The highest BCUT2D eigenvalue weighted by atomic mass is 15.3. The molecule has 4 nitrogen and oxygen atoms in total. The van der Waals surface area contributed by atoms with Gasteiger partial charge in [-0.1, -0.05) is 34.6 Å². The lowest BCUT2D eigenvalue weighted by Gasteiger charge is -2.46. The van der Waals surface area contributed by atoms with E-state index in [2.05, 4.69) is 55.4 Å². The molecule has 2 N–H and O–H groups in total. The Bertz CT molecular complexity index is 378. The van der Waals surface area contributed by atoms with Crippen molar-refractivity contribution in [2.24, 2.45) is 5.73 Å². The summed E-state index contributed by atoms with van der Waals surface area (Å²) in [7, 11) is 0. The van der Waals surface area contributed by atoms with Crippen LogP contribution in [0.5, 0.6) is 0 Å². The molecule has 0 aliphatic rings. The quantitative estimate of drug-likeness (QED) is 0.755. The zero-order chi connectivity index (χ0) is 15.2. The molecular formula is C16H32N4. The summed E-state index contributed by atoms with van der Waals surface area (Å²) in [6.45, 7) is 14.1. The van der Waals surface area contributed by atoms with Gasteiger partial charge in [0.1, 0.15) is 0 Å². The molecule has 1 unspecified atom stereocenters. The molecule has 1 aromatic heterocycles. The van der Waals surface area contributed by atoms with Crippen molar-refractivity contribution < 1.29 is 0 Å². The van der Waals surface area contributed by atoms with Gasteiger partial charge in [0.05, 0.1) is 11.7 Å². The zero-order valence-electron chi connectivity index (χ0n) is 13.9. The van der Waals surface area contributed by atoms with E-state index in [1.165, 1.54) is 5.69 Å². The first kappa shape index (κ1) is 17.2. The van der Waals surface area contributed by atoms with Crippen molar-refractivity contribution in [3.63, 3.8) is 0 Å². The molecule has 0 radical (unpaired) electrons. The molecule has 4 heteroatoms. The number of likely N-dealkylation sites (N-methyl/N-ethyl adjacent to an activating group) is 1. The molecule has 0 fully saturated rings. The summed E-state index contributed by atoms with van der Waals surface area (Å²) >= 11 is 0. The Labute approximate surface area is 124 Å². The van der Waals surface area contributed by atoms with Crippen LogP contribution < -0.4 is 5.73 Å². The Balaban J connectivity index is 3.16. The largest absolute Gasteiger partial charge is 0.321 e. The Morgan fingerprint density at radius 2 is 1.80 bits per heavy atom. The van der Waals surface area contributed by atoms with Gasteiger partial charge < -0.3 is 5.73 Å². The fraction of sp³-hybridized carbons (Fsp3) is 0.812. The molecule has 0 aliphatic heterocycles. The molecule has 1 atom stereocenters. The second kappa shape index (κ2) is 7.79. The van der Waals surface area contributed by atoms with E-state index in [1.807, 2.05) is 6.20 Å². The predicted octanol–water partition coefficient (Wildman–Crippen LogP) is 3.19. The molecule has 116 valence electrons. The van der Waals surface area contributed by atoms with E-state index in [9.17, 15) is 0 Å². The minimum absolute atomic E-state index is 0.00597. The Kier molecular flexibility index (Phi) is 6.69. The maximum Gasteiger partial charge on any atom is 0.0653 e. The summed E-state index contributed by atoms with van der Waals surface area (Å²) in [5, 5.41) is 4.44. The van der Waals surface area contributed by atoms with Gasteiger partial charge in [-0.3, -0.25) is 9.58 Å². The van der Waals surface area contributed by atoms with Crippen LogP contribution in [0.2, 0.25) is 0 Å². The number of hydrogen-bond donors (Lipinski definition) is 1. The summed E-state index contributed by atoms with van der Waals surface area (Å²) in [6.07, 6.45) is 5.08. The highest BCUT2D eigenvalue weighted by Gasteiger charge is 2.39. The van der Waals surface area contributed by atoms with Crippen LogP contribution in [0.25, 0.3) is 0 Å². The summed E-state index contributed by atoms with van der Waals surface area (Å²) in [6, 6.07) is 2.09. The number of nitrogens with zero attached hydrogens (tertiary/aromatic N) is 3. The van der Waals surface area contributed by atoms with Gasteiger partial charge in [0, 0.05) is 18.3 Å². The van der Waals surface area contributed by atoms with Gasteiger partial charge in [0.25, 0.3) is 0 Å². The molecular weight excluding hydrogens is 248 g/mol. The fourth-order valence-corrected chi connectivity index (χ4v) is 3.47. The third-order valence-corrected chi connectivity index (χ3v) is 4.70. The van der Waals surface area contributed by atoms with Crippen LogP contribution >= 0.6 is 0 Å². The number of aromatic nitrogens is 2. The number of nitrogens with two attached hydrogens (primary N) is 1. The van der Waals surface area contributed by atoms with E-state index >= 15 is 0 Å². The van der Waals surface area contributed by atoms with E-state index in [4.69, 9.17) is 5.73 Å². The van der Waals surface area contributed by atoms with Gasteiger partial charge in [-0.15, -0.1) is 0 Å². The van der Waals surface area contributed by atoms with E-state index in [-0.39, 0.29) is 11.6 Å². The molecule has 1 aromatic rings. The van der Waals surface area contributed by atoms with Crippen molar-refractivity contribution in [2.45, 2.75) is 72.0 Å². The Morgan fingerprint density at radius 3 is 2.25 bits per heavy atom. The Hall–Kier alpha value is -0.870. The highest BCUT2D eigenvalue weighted by molar-refractivity contribution is 5.14. The van der Waals surface area contributed by atoms with Crippen LogP contribution in [0.15, 0.2) is 12.3 Å². The lowest BCUT2D eigenvalue weighted by Crippen LogP contribution is -2.55. The van der Waals surface area contributed by atoms with Crippen LogP contribution in [0, 0.1) is 0 Å². The third-order valence-electron chi connectivity index (χ3n) is 4.70. The normalized spacial score (nSPS) is 13.9. The van der Waals surface area contributed by atoms with Crippen molar-refractivity contribution in [3.8, 4) is 0 Å². The average Bonchev–Trinajstić information content (AvgIpc) is 2.92. The molecule has 0 aromatic carbocycles. The van der Waals surface area contributed by atoms with Crippen molar-refractivity contribution >= 4 is 0 Å². The van der Waals surface area contributed by atoms with Crippen molar-refractivity contribution in [2.75, 3.05) is 13.1 Å². The molecule has 0 amide bonds. The maximum atomic E-state index is 6.72. The average molecular weight is 280 g/mol. The standard InChI is InChI=1S/C16H32N4/c1-6-13-20-14(11-12-18-20)15(17)16(7-2,8-3)19(9-4)10-5/h11-12,15H,6-10,13,17H2,1-5H3. The highest BCUT2D eigenvalue weighted by Crippen LogP contribution is 2.35. The van der Waals surface area contributed by atoms with Gasteiger partial charge in [-0.05, 0) is 38.4 Å². The van der Waals surface area contributed by atoms with E-state index in [1.54, 1.807) is 0 Å². The number of rotatable bonds is 9. The van der Waals surface area contributed by atoms with E-state index in [0.717, 1.165) is 38.9 Å². The second-order valence-corrected chi connectivity index (χ2v) is 5.44. The molecule has 0 saturated carbocycles. The summed E-state index contributed by atoms with van der Waals surface area (Å²) in [4.78, 5) is 2.51. The van der Waals surface area contributed by atoms with E-state index < -0.39 is 0 Å². The molecule has 0 spiro atoms. The summed E-state index contributed by atoms with van der Waals surface area (Å²) in [5.41, 5.74) is 7.91. The van der Waals surface area contributed by atoms with E-state index in [0.29, 0.717) is 0 Å². The minimum Gasteiger partial charge on any atom is -0.321 e. The van der Waals surface area contributed by atoms with Gasteiger partial charge in [0.2, 0.25) is 0 Å². The van der Waals surface area contributed by atoms with Gasteiger partial charge >= 0.3 is 0 Å². The van der Waals surface area contributed by atoms with Crippen molar-refractivity contribution in [1.29, 1.82) is 0 Å². The van der Waals surface area contributed by atoms with Crippen molar-refractivity contribution in [3.05, 3.63) is 18.0 Å². The molecule has 0 aliphatic carbocycles. The fourth-order valence-electron chi connectivity index (χ4n) is 3.47. The van der Waals surface area contributed by atoms with Gasteiger partial charge in [-0.2, -0.15) is 5.10 Å². The Morgan fingerprint density at radius 1 is 1.20 bits per heavy atom. The minimum atomic E-state index is 0.00597. The first-order valence-electron chi connectivity index (χ1n) is 8.13. The number of hydrogen-bond acceptors (Lipinski definition) is 3. The van der Waals surface area contributed by atoms with Crippen LogP contribution in [-0.4, -0.2) is 33.3 Å². The molecule has 1 rings (SSSR count). The number of aryl methyl sites for hydroxylation is 1. The van der Waals surface area contributed by atoms with Crippen LogP contribution in [0.1, 0.15) is 65.6 Å². The third kappa shape index (κ3) is 3.07. The summed E-state index contributed by atoms with van der Waals surface area (Å²) < 4.78 is 2.08. The smallest absolute Gasteiger partial charge is 0.0653 e. The van der Waals surface area contributed by atoms with Crippen LogP contribution in [0.3, 0.4) is 0 Å². The first-order valence-corrected chi connectivity index (χ1v) is 8.13. The zero-order valence-corrected chi connectivity index (χ0v) is 13.9.